The van der Waals surface area contributed by atoms with Gasteiger partial charge in [0, 0.05) is 11.1 Å². The van der Waals surface area contributed by atoms with Gasteiger partial charge in [0.25, 0.3) is 5.91 Å². The van der Waals surface area contributed by atoms with Gasteiger partial charge in [-0.3, -0.25) is 9.78 Å². The summed E-state index contributed by atoms with van der Waals surface area (Å²) in [6, 6.07) is 14.3. The Kier molecular flexibility index (Phi) is 3.16. The molecular formula is C16H13N3O2. The van der Waals surface area contributed by atoms with Gasteiger partial charge in [-0.2, -0.15) is 0 Å². The van der Waals surface area contributed by atoms with Gasteiger partial charge in [0.2, 0.25) is 0 Å². The van der Waals surface area contributed by atoms with Crippen molar-refractivity contribution in [3.8, 4) is 11.5 Å². The highest BCUT2D eigenvalue weighted by atomic mass is 16.5. The molecule has 4 N–H and O–H groups in total. The van der Waals surface area contributed by atoms with Crippen molar-refractivity contribution < 1.29 is 9.53 Å². The fraction of sp³-hybridized carbons (Fsp3) is 0. The number of primary amides is 1. The Hall–Kier alpha value is -3.08. The molecule has 0 aliphatic rings. The van der Waals surface area contributed by atoms with Gasteiger partial charge in [-0.15, -0.1) is 0 Å². The number of pyridine rings is 1. The van der Waals surface area contributed by atoms with Crippen LogP contribution in [0.25, 0.3) is 10.9 Å². The number of rotatable bonds is 3. The number of nitrogens with zero attached hydrogens (tertiary/aromatic N) is 1. The minimum atomic E-state index is -0.592. The molecule has 0 saturated carbocycles. The molecular weight excluding hydrogens is 266 g/mol. The second kappa shape index (κ2) is 5.13. The lowest BCUT2D eigenvalue weighted by atomic mass is 10.1. The summed E-state index contributed by atoms with van der Waals surface area (Å²) in [7, 11) is 0. The van der Waals surface area contributed by atoms with Crippen LogP contribution in [-0.4, -0.2) is 10.9 Å². The fourth-order valence-electron chi connectivity index (χ4n) is 2.06. The molecule has 21 heavy (non-hydrogen) atoms. The lowest BCUT2D eigenvalue weighted by Crippen LogP contribution is -2.12. The predicted molar refractivity (Wildman–Crippen MR) is 81.2 cm³/mol. The van der Waals surface area contributed by atoms with Crippen LogP contribution in [0.5, 0.6) is 11.5 Å². The van der Waals surface area contributed by atoms with Gasteiger partial charge < -0.3 is 16.2 Å². The molecule has 0 radical (unpaired) electrons. The minimum Gasteiger partial charge on any atom is -0.455 e. The quantitative estimate of drug-likeness (QED) is 0.721. The maximum Gasteiger partial charge on any atom is 0.252 e. The summed E-state index contributed by atoms with van der Waals surface area (Å²) in [5.41, 5.74) is 12.6. The van der Waals surface area contributed by atoms with Crippen LogP contribution in [0.2, 0.25) is 0 Å². The third kappa shape index (κ3) is 2.62. The second-order valence-corrected chi connectivity index (χ2v) is 4.59. The lowest BCUT2D eigenvalue weighted by molar-refractivity contribution is 0.0998. The molecule has 5 nitrogen and oxygen atoms in total. The van der Waals surface area contributed by atoms with E-state index in [9.17, 15) is 4.79 Å². The highest BCUT2D eigenvalue weighted by Crippen LogP contribution is 2.28. The molecule has 0 spiro atoms. The number of carbonyl (C=O) groups is 1. The number of aromatic nitrogens is 1. The topological polar surface area (TPSA) is 91.2 Å². The molecule has 1 amide bonds. The number of nitrogen functional groups attached to an aromatic ring is 1. The molecule has 0 fully saturated rings. The zero-order valence-corrected chi connectivity index (χ0v) is 11.1. The van der Waals surface area contributed by atoms with E-state index in [2.05, 4.69) is 4.98 Å². The molecule has 3 rings (SSSR count). The largest absolute Gasteiger partial charge is 0.455 e. The number of ether oxygens (including phenoxy) is 1. The minimum absolute atomic E-state index is 0.239. The van der Waals surface area contributed by atoms with Crippen LogP contribution in [0, 0.1) is 0 Å². The van der Waals surface area contributed by atoms with E-state index in [4.69, 9.17) is 16.2 Å². The molecule has 1 aromatic heterocycles. The van der Waals surface area contributed by atoms with Crippen molar-refractivity contribution in [2.75, 3.05) is 5.73 Å². The van der Waals surface area contributed by atoms with E-state index in [1.54, 1.807) is 18.3 Å². The van der Waals surface area contributed by atoms with E-state index in [1.807, 2.05) is 30.3 Å². The van der Waals surface area contributed by atoms with Crippen LogP contribution in [0.1, 0.15) is 10.4 Å². The van der Waals surface area contributed by atoms with E-state index in [1.165, 1.54) is 6.07 Å². The molecule has 0 bridgehead atoms. The van der Waals surface area contributed by atoms with Gasteiger partial charge >= 0.3 is 0 Å². The molecule has 104 valence electrons. The van der Waals surface area contributed by atoms with Crippen molar-refractivity contribution in [3.63, 3.8) is 0 Å². The standard InChI is InChI=1S/C16H13N3O2/c17-11-5-6-15(13(8-11)16(18)20)21-12-7-10-3-1-2-4-14(10)19-9-12/h1-9H,17H2,(H2,18,20). The zero-order chi connectivity index (χ0) is 14.8. The molecule has 0 unspecified atom stereocenters. The van der Waals surface area contributed by atoms with Crippen molar-refractivity contribution in [2.45, 2.75) is 0 Å². The summed E-state index contributed by atoms with van der Waals surface area (Å²) in [4.78, 5) is 15.8. The highest BCUT2D eigenvalue weighted by molar-refractivity contribution is 5.96. The first-order valence-corrected chi connectivity index (χ1v) is 6.35. The predicted octanol–water partition coefficient (Wildman–Crippen LogP) is 2.71. The Labute approximate surface area is 121 Å². The molecule has 3 aromatic rings. The van der Waals surface area contributed by atoms with Crippen molar-refractivity contribution >= 4 is 22.5 Å². The van der Waals surface area contributed by atoms with Gasteiger partial charge in [-0.25, -0.2) is 0 Å². The number of nitrogens with two attached hydrogens (primary N) is 2. The van der Waals surface area contributed by atoms with Crippen molar-refractivity contribution in [3.05, 3.63) is 60.3 Å². The third-order valence-electron chi connectivity index (χ3n) is 3.06. The van der Waals surface area contributed by atoms with Crippen LogP contribution in [0.15, 0.2) is 54.7 Å². The highest BCUT2D eigenvalue weighted by Gasteiger charge is 2.11. The molecule has 0 atom stereocenters. The summed E-state index contributed by atoms with van der Waals surface area (Å²) in [5.74, 6) is 0.292. The normalized spacial score (nSPS) is 10.5. The van der Waals surface area contributed by atoms with E-state index in [0.29, 0.717) is 17.2 Å². The van der Waals surface area contributed by atoms with E-state index >= 15 is 0 Å². The van der Waals surface area contributed by atoms with Crippen LogP contribution in [-0.2, 0) is 0 Å². The number of fused-ring (bicyclic) bond motifs is 1. The number of benzene rings is 2. The maximum atomic E-state index is 11.4. The lowest BCUT2D eigenvalue weighted by Gasteiger charge is -2.10. The number of anilines is 1. The van der Waals surface area contributed by atoms with E-state index in [0.717, 1.165) is 10.9 Å². The first kappa shape index (κ1) is 12.9. The summed E-state index contributed by atoms with van der Waals surface area (Å²) in [5, 5.41) is 0.950. The van der Waals surface area contributed by atoms with Gasteiger partial charge in [-0.05, 0) is 30.3 Å². The monoisotopic (exact) mass is 279 g/mol. The average molecular weight is 279 g/mol. The van der Waals surface area contributed by atoms with Gasteiger partial charge in [0.1, 0.15) is 11.5 Å². The first-order chi connectivity index (χ1) is 10.1. The number of carbonyl (C=O) groups excluding carboxylic acids is 1. The van der Waals surface area contributed by atoms with E-state index in [-0.39, 0.29) is 5.56 Å². The smallest absolute Gasteiger partial charge is 0.252 e. The summed E-state index contributed by atoms with van der Waals surface area (Å²) in [6.45, 7) is 0. The van der Waals surface area contributed by atoms with Crippen molar-refractivity contribution in [1.82, 2.24) is 4.98 Å². The summed E-state index contributed by atoms with van der Waals surface area (Å²) < 4.78 is 5.72. The molecule has 5 heteroatoms. The van der Waals surface area contributed by atoms with Crippen LogP contribution < -0.4 is 16.2 Å². The van der Waals surface area contributed by atoms with Crippen LogP contribution in [0.3, 0.4) is 0 Å². The third-order valence-corrected chi connectivity index (χ3v) is 3.06. The molecule has 1 heterocycles. The van der Waals surface area contributed by atoms with Gasteiger partial charge in [0.05, 0.1) is 17.3 Å². The number of amides is 1. The summed E-state index contributed by atoms with van der Waals surface area (Å²) in [6.07, 6.45) is 1.60. The van der Waals surface area contributed by atoms with Gasteiger partial charge in [-0.1, -0.05) is 18.2 Å². The Balaban J connectivity index is 2.00. The molecule has 0 aliphatic carbocycles. The van der Waals surface area contributed by atoms with Gasteiger partial charge in [0.15, 0.2) is 0 Å². The molecule has 0 saturated heterocycles. The summed E-state index contributed by atoms with van der Waals surface area (Å²) >= 11 is 0. The number of hydrogen-bond donors (Lipinski definition) is 2. The molecule has 2 aromatic carbocycles. The Bertz CT molecular complexity index is 831. The van der Waals surface area contributed by atoms with Crippen LogP contribution in [0.4, 0.5) is 5.69 Å². The Morgan fingerprint density at radius 3 is 2.71 bits per heavy atom. The Morgan fingerprint density at radius 1 is 1.10 bits per heavy atom. The van der Waals surface area contributed by atoms with E-state index < -0.39 is 5.91 Å². The average Bonchev–Trinajstić information content (AvgIpc) is 2.49. The SMILES string of the molecule is NC(=O)c1cc(N)ccc1Oc1cnc2ccccc2c1. The second-order valence-electron chi connectivity index (χ2n) is 4.59. The first-order valence-electron chi connectivity index (χ1n) is 6.35. The Morgan fingerprint density at radius 2 is 1.90 bits per heavy atom. The van der Waals surface area contributed by atoms with Crippen LogP contribution >= 0.6 is 0 Å². The van der Waals surface area contributed by atoms with Crippen molar-refractivity contribution in [1.29, 1.82) is 0 Å². The number of para-hydroxylation sites is 1. The maximum absolute atomic E-state index is 11.4. The van der Waals surface area contributed by atoms with Crippen molar-refractivity contribution in [2.24, 2.45) is 5.73 Å². The molecule has 0 aliphatic heterocycles. The fourth-order valence-corrected chi connectivity index (χ4v) is 2.06. The number of hydrogen-bond acceptors (Lipinski definition) is 4. The zero-order valence-electron chi connectivity index (χ0n) is 11.1.